The summed E-state index contributed by atoms with van der Waals surface area (Å²) in [5, 5.41) is 6.57. The molecule has 1 aromatic carbocycles. The summed E-state index contributed by atoms with van der Waals surface area (Å²) < 4.78 is 5.00. The van der Waals surface area contributed by atoms with E-state index in [0.29, 0.717) is 6.61 Å². The first kappa shape index (κ1) is 13.6. The smallest absolute Gasteiger partial charge is 0.314 e. The first-order valence-corrected chi connectivity index (χ1v) is 6.65. The van der Waals surface area contributed by atoms with Gasteiger partial charge in [0.05, 0.1) is 18.2 Å². The van der Waals surface area contributed by atoms with E-state index in [1.54, 1.807) is 0 Å². The van der Waals surface area contributed by atoms with Crippen LogP contribution in [0.5, 0.6) is 0 Å². The van der Waals surface area contributed by atoms with Crippen LogP contribution in [0.4, 0.5) is 5.69 Å². The molecule has 0 radical (unpaired) electrons. The summed E-state index contributed by atoms with van der Waals surface area (Å²) >= 11 is 0. The largest absolute Gasteiger partial charge is 0.465 e. The summed E-state index contributed by atoms with van der Waals surface area (Å²) in [5.41, 5.74) is 1.85. The molecule has 1 aromatic rings. The molecule has 1 saturated heterocycles. The molecule has 4 heteroatoms. The van der Waals surface area contributed by atoms with Crippen molar-refractivity contribution in [3.8, 4) is 0 Å². The number of ether oxygens (including phenoxy) is 1. The fraction of sp³-hybridized carbons (Fsp3) is 0.467. The van der Waals surface area contributed by atoms with Gasteiger partial charge in [0.2, 0.25) is 0 Å². The van der Waals surface area contributed by atoms with E-state index >= 15 is 0 Å². The molecule has 0 spiro atoms. The van der Waals surface area contributed by atoms with Gasteiger partial charge < -0.3 is 4.74 Å². The number of hydrogen-bond acceptors (Lipinski definition) is 4. The molecule has 2 rings (SSSR count). The molecule has 0 saturated carbocycles. The predicted octanol–water partition coefficient (Wildman–Crippen LogP) is 2.84. The Hall–Kier alpha value is -1.84. The summed E-state index contributed by atoms with van der Waals surface area (Å²) in [6.45, 7) is 6.56. The topological polar surface area (TPSA) is 41.9 Å². The summed E-state index contributed by atoms with van der Waals surface area (Å²) in [7, 11) is 0. The van der Waals surface area contributed by atoms with Crippen LogP contribution in [-0.4, -0.2) is 24.3 Å². The minimum atomic E-state index is -0.190. The van der Waals surface area contributed by atoms with Crippen molar-refractivity contribution >= 4 is 17.4 Å². The van der Waals surface area contributed by atoms with Crippen LogP contribution in [0.2, 0.25) is 0 Å². The highest BCUT2D eigenvalue weighted by atomic mass is 16.5. The molecular formula is C15H20N2O2. The van der Waals surface area contributed by atoms with Gasteiger partial charge in [-0.1, -0.05) is 18.2 Å². The molecule has 102 valence electrons. The molecule has 1 fully saturated rings. The molecule has 0 N–H and O–H groups in total. The lowest BCUT2D eigenvalue weighted by atomic mass is 10.0. The number of hydrogen-bond donors (Lipinski definition) is 0. The zero-order valence-electron chi connectivity index (χ0n) is 11.7. The zero-order chi connectivity index (χ0) is 13.8. The van der Waals surface area contributed by atoms with Crippen molar-refractivity contribution in [1.29, 1.82) is 0 Å². The predicted molar refractivity (Wildman–Crippen MR) is 76.2 cm³/mol. The Morgan fingerprint density at radius 2 is 2.05 bits per heavy atom. The van der Waals surface area contributed by atoms with Gasteiger partial charge in [-0.25, -0.2) is 0 Å². The minimum absolute atomic E-state index is 0.155. The molecule has 0 aromatic heterocycles. The zero-order valence-corrected chi connectivity index (χ0v) is 11.7. The number of cyclic esters (lactones) is 1. The van der Waals surface area contributed by atoms with E-state index in [0.717, 1.165) is 17.8 Å². The Morgan fingerprint density at radius 1 is 1.37 bits per heavy atom. The fourth-order valence-electron chi connectivity index (χ4n) is 2.17. The van der Waals surface area contributed by atoms with Crippen LogP contribution in [0.25, 0.3) is 0 Å². The van der Waals surface area contributed by atoms with Gasteiger partial charge in [-0.3, -0.25) is 9.80 Å². The molecule has 1 atom stereocenters. The van der Waals surface area contributed by atoms with Crippen LogP contribution in [0, 0.1) is 5.92 Å². The van der Waals surface area contributed by atoms with E-state index in [-0.39, 0.29) is 17.9 Å². The summed E-state index contributed by atoms with van der Waals surface area (Å²) in [6, 6.07) is 10.2. The number of esters is 1. The van der Waals surface area contributed by atoms with E-state index in [9.17, 15) is 4.79 Å². The Labute approximate surface area is 114 Å². The van der Waals surface area contributed by atoms with Gasteiger partial charge >= 0.3 is 5.97 Å². The average Bonchev–Trinajstić information content (AvgIpc) is 2.82. The van der Waals surface area contributed by atoms with Gasteiger partial charge in [0, 0.05) is 18.2 Å². The molecule has 0 amide bonds. The number of nitrogens with zero attached hydrogens (tertiary/aromatic N) is 2. The van der Waals surface area contributed by atoms with Crippen LogP contribution >= 0.6 is 0 Å². The summed E-state index contributed by atoms with van der Waals surface area (Å²) in [6.07, 6.45) is 0.731. The van der Waals surface area contributed by atoms with E-state index in [2.05, 4.69) is 18.9 Å². The maximum Gasteiger partial charge on any atom is 0.314 e. The molecule has 4 nitrogen and oxygen atoms in total. The van der Waals surface area contributed by atoms with Crippen molar-refractivity contribution in [3.05, 3.63) is 30.3 Å². The molecule has 0 bridgehead atoms. The Balaban J connectivity index is 2.23. The van der Waals surface area contributed by atoms with Gasteiger partial charge in [-0.2, -0.15) is 5.10 Å². The second kappa shape index (κ2) is 5.87. The Morgan fingerprint density at radius 3 is 2.58 bits per heavy atom. The Kier molecular flexibility index (Phi) is 4.20. The van der Waals surface area contributed by atoms with Crippen molar-refractivity contribution in [2.24, 2.45) is 11.0 Å². The normalized spacial score (nSPS) is 19.7. The van der Waals surface area contributed by atoms with Crippen molar-refractivity contribution in [2.45, 2.75) is 33.2 Å². The van der Waals surface area contributed by atoms with Crippen LogP contribution in [0.1, 0.15) is 27.2 Å². The van der Waals surface area contributed by atoms with Gasteiger partial charge in [0.1, 0.15) is 0 Å². The minimum Gasteiger partial charge on any atom is -0.465 e. The SMILES string of the molecule is CC(=NN(c1ccccc1)C(C)C)C1CCOC1=O. The van der Waals surface area contributed by atoms with Crippen molar-refractivity contribution in [1.82, 2.24) is 0 Å². The second-order valence-electron chi connectivity index (χ2n) is 5.02. The first-order chi connectivity index (χ1) is 9.09. The van der Waals surface area contributed by atoms with Crippen LogP contribution in [0.3, 0.4) is 0 Å². The monoisotopic (exact) mass is 260 g/mol. The van der Waals surface area contributed by atoms with Gasteiger partial charge in [0.25, 0.3) is 0 Å². The molecule has 1 aliphatic rings. The molecule has 1 unspecified atom stereocenters. The quantitative estimate of drug-likeness (QED) is 0.475. The molecular weight excluding hydrogens is 240 g/mol. The van der Waals surface area contributed by atoms with Gasteiger partial charge in [-0.15, -0.1) is 0 Å². The van der Waals surface area contributed by atoms with E-state index in [1.807, 2.05) is 42.3 Å². The number of rotatable bonds is 4. The maximum atomic E-state index is 11.6. The highest BCUT2D eigenvalue weighted by molar-refractivity contribution is 6.02. The molecule has 19 heavy (non-hydrogen) atoms. The number of benzene rings is 1. The first-order valence-electron chi connectivity index (χ1n) is 6.65. The molecule has 0 aliphatic carbocycles. The standard InChI is InChI=1S/C15H20N2O2/c1-11(2)17(13-7-5-4-6-8-13)16-12(3)14-9-10-19-15(14)18/h4-8,11,14H,9-10H2,1-3H3. The number of carbonyl (C=O) groups excluding carboxylic acids is 1. The second-order valence-corrected chi connectivity index (χ2v) is 5.02. The highest BCUT2D eigenvalue weighted by Crippen LogP contribution is 2.21. The number of hydrazone groups is 1. The van der Waals surface area contributed by atoms with E-state index in [4.69, 9.17) is 4.74 Å². The van der Waals surface area contributed by atoms with E-state index in [1.165, 1.54) is 0 Å². The molecule has 1 heterocycles. The van der Waals surface area contributed by atoms with Crippen molar-refractivity contribution in [3.63, 3.8) is 0 Å². The van der Waals surface area contributed by atoms with E-state index < -0.39 is 0 Å². The van der Waals surface area contributed by atoms with Crippen LogP contribution in [0.15, 0.2) is 35.4 Å². The summed E-state index contributed by atoms with van der Waals surface area (Å²) in [5.74, 6) is -0.344. The highest BCUT2D eigenvalue weighted by Gasteiger charge is 2.29. The van der Waals surface area contributed by atoms with Gasteiger partial charge in [-0.05, 0) is 32.9 Å². The number of carbonyl (C=O) groups is 1. The van der Waals surface area contributed by atoms with Gasteiger partial charge in [0.15, 0.2) is 0 Å². The lowest BCUT2D eigenvalue weighted by Gasteiger charge is -2.25. The number of para-hydroxylation sites is 1. The lowest BCUT2D eigenvalue weighted by Crippen LogP contribution is -2.28. The van der Waals surface area contributed by atoms with Crippen LogP contribution < -0.4 is 5.01 Å². The van der Waals surface area contributed by atoms with Crippen molar-refractivity contribution in [2.75, 3.05) is 11.6 Å². The summed E-state index contributed by atoms with van der Waals surface area (Å²) in [4.78, 5) is 11.6. The lowest BCUT2D eigenvalue weighted by molar-refractivity contribution is -0.139. The fourth-order valence-corrected chi connectivity index (χ4v) is 2.17. The third-order valence-corrected chi connectivity index (χ3v) is 3.22. The number of anilines is 1. The Bertz CT molecular complexity index is 468. The average molecular weight is 260 g/mol. The third kappa shape index (κ3) is 3.13. The third-order valence-electron chi connectivity index (χ3n) is 3.22. The van der Waals surface area contributed by atoms with Crippen molar-refractivity contribution < 1.29 is 9.53 Å². The maximum absolute atomic E-state index is 11.6. The molecule has 1 aliphatic heterocycles. The van der Waals surface area contributed by atoms with Crippen LogP contribution in [-0.2, 0) is 9.53 Å².